The van der Waals surface area contributed by atoms with Crippen molar-refractivity contribution < 1.29 is 9.59 Å². The summed E-state index contributed by atoms with van der Waals surface area (Å²) in [6.07, 6.45) is 0.716. The van der Waals surface area contributed by atoms with Crippen molar-refractivity contribution in [2.24, 2.45) is 5.92 Å². The van der Waals surface area contributed by atoms with Gasteiger partial charge in [0.05, 0.1) is 6.42 Å². The van der Waals surface area contributed by atoms with E-state index in [1.807, 2.05) is 38.1 Å². The normalized spacial score (nSPS) is 17.8. The molecule has 0 bridgehead atoms. The van der Waals surface area contributed by atoms with Crippen LogP contribution in [0, 0.1) is 5.92 Å². The molecule has 2 aromatic rings. The molecule has 132 valence electrons. The lowest BCUT2D eigenvalue weighted by Crippen LogP contribution is -2.57. The molecule has 1 aromatic heterocycles. The number of carbonyl (C=O) groups is 2. The molecular formula is C19H23N3O3. The second kappa shape index (κ2) is 7.09. The van der Waals surface area contributed by atoms with Gasteiger partial charge in [0.25, 0.3) is 5.56 Å². The molecule has 6 nitrogen and oxygen atoms in total. The molecule has 1 saturated heterocycles. The van der Waals surface area contributed by atoms with Gasteiger partial charge in [0.1, 0.15) is 6.04 Å². The molecule has 0 saturated carbocycles. The first-order chi connectivity index (χ1) is 12.0. The summed E-state index contributed by atoms with van der Waals surface area (Å²) >= 11 is 0. The van der Waals surface area contributed by atoms with Crippen molar-refractivity contribution in [2.75, 3.05) is 13.1 Å². The second-order valence-electron chi connectivity index (χ2n) is 6.91. The van der Waals surface area contributed by atoms with Gasteiger partial charge < -0.3 is 15.2 Å². The van der Waals surface area contributed by atoms with Gasteiger partial charge in [-0.25, -0.2) is 0 Å². The number of hydrogen-bond acceptors (Lipinski definition) is 3. The maximum atomic E-state index is 12.8. The highest BCUT2D eigenvalue weighted by Gasteiger charge is 2.33. The van der Waals surface area contributed by atoms with E-state index >= 15 is 0 Å². The number of H-pyrrole nitrogens is 1. The minimum Gasteiger partial charge on any atom is -0.353 e. The number of carbonyl (C=O) groups excluding carboxylic acids is 2. The van der Waals surface area contributed by atoms with E-state index in [0.29, 0.717) is 36.5 Å². The summed E-state index contributed by atoms with van der Waals surface area (Å²) in [5.41, 5.74) is 0.374. The van der Waals surface area contributed by atoms with Gasteiger partial charge in [0.2, 0.25) is 11.8 Å². The van der Waals surface area contributed by atoms with Crippen molar-refractivity contribution in [1.82, 2.24) is 15.2 Å². The van der Waals surface area contributed by atoms with Crippen molar-refractivity contribution in [1.29, 1.82) is 0 Å². The Hall–Kier alpha value is -2.63. The van der Waals surface area contributed by atoms with Gasteiger partial charge in [-0.15, -0.1) is 0 Å². The van der Waals surface area contributed by atoms with Gasteiger partial charge in [-0.05, 0) is 29.9 Å². The van der Waals surface area contributed by atoms with E-state index in [-0.39, 0.29) is 23.8 Å². The van der Waals surface area contributed by atoms with Crippen molar-refractivity contribution in [3.8, 4) is 0 Å². The molecule has 3 rings (SSSR count). The number of amides is 2. The van der Waals surface area contributed by atoms with Crippen LogP contribution in [0.3, 0.4) is 0 Å². The van der Waals surface area contributed by atoms with E-state index < -0.39 is 6.04 Å². The third-order valence-corrected chi connectivity index (χ3v) is 4.50. The number of piperazine rings is 1. The molecule has 25 heavy (non-hydrogen) atoms. The van der Waals surface area contributed by atoms with Crippen LogP contribution < -0.4 is 10.9 Å². The van der Waals surface area contributed by atoms with Crippen LogP contribution in [0.25, 0.3) is 10.8 Å². The third-order valence-electron chi connectivity index (χ3n) is 4.50. The van der Waals surface area contributed by atoms with E-state index in [2.05, 4.69) is 10.3 Å². The second-order valence-corrected chi connectivity index (χ2v) is 6.91. The zero-order valence-corrected chi connectivity index (χ0v) is 14.5. The number of nitrogens with zero attached hydrogens (tertiary/aromatic N) is 1. The van der Waals surface area contributed by atoms with Crippen LogP contribution in [-0.2, 0) is 16.0 Å². The first-order valence-corrected chi connectivity index (χ1v) is 8.64. The number of hydrogen-bond donors (Lipinski definition) is 2. The molecule has 1 atom stereocenters. The van der Waals surface area contributed by atoms with Crippen molar-refractivity contribution in [3.63, 3.8) is 0 Å². The quantitative estimate of drug-likeness (QED) is 0.883. The van der Waals surface area contributed by atoms with Crippen LogP contribution in [0.1, 0.15) is 26.0 Å². The molecule has 1 unspecified atom stereocenters. The first kappa shape index (κ1) is 17.2. The van der Waals surface area contributed by atoms with E-state index in [4.69, 9.17) is 0 Å². The molecule has 0 radical (unpaired) electrons. The van der Waals surface area contributed by atoms with Gasteiger partial charge in [-0.1, -0.05) is 32.0 Å². The Labute approximate surface area is 146 Å². The number of benzene rings is 1. The fourth-order valence-corrected chi connectivity index (χ4v) is 3.32. The Kier molecular flexibility index (Phi) is 4.88. The molecule has 2 amide bonds. The smallest absolute Gasteiger partial charge is 0.256 e. The monoisotopic (exact) mass is 341 g/mol. The molecular weight excluding hydrogens is 318 g/mol. The number of rotatable bonds is 4. The summed E-state index contributed by atoms with van der Waals surface area (Å²) in [5.74, 6) is 0.0800. The summed E-state index contributed by atoms with van der Waals surface area (Å²) in [5, 5.41) is 4.24. The van der Waals surface area contributed by atoms with Crippen LogP contribution >= 0.6 is 0 Å². The fraction of sp³-hybridized carbons (Fsp3) is 0.421. The topological polar surface area (TPSA) is 82.3 Å². The molecule has 6 heteroatoms. The lowest BCUT2D eigenvalue weighted by molar-refractivity contribution is -0.143. The first-order valence-electron chi connectivity index (χ1n) is 8.64. The van der Waals surface area contributed by atoms with Crippen LogP contribution in [0.4, 0.5) is 0 Å². The van der Waals surface area contributed by atoms with Gasteiger partial charge in [-0.3, -0.25) is 14.4 Å². The average Bonchev–Trinajstić information content (AvgIpc) is 2.56. The molecule has 1 aliphatic heterocycles. The Bertz CT molecular complexity index is 856. The number of aromatic amines is 1. The van der Waals surface area contributed by atoms with E-state index in [1.165, 1.54) is 0 Å². The maximum absolute atomic E-state index is 12.8. The van der Waals surface area contributed by atoms with Crippen LogP contribution in [0.5, 0.6) is 0 Å². The Morgan fingerprint density at radius 3 is 2.80 bits per heavy atom. The van der Waals surface area contributed by atoms with Crippen LogP contribution in [0.2, 0.25) is 0 Å². The molecule has 0 spiro atoms. The molecule has 2 N–H and O–H groups in total. The summed E-state index contributed by atoms with van der Waals surface area (Å²) in [7, 11) is 0. The van der Waals surface area contributed by atoms with Crippen molar-refractivity contribution >= 4 is 22.6 Å². The van der Waals surface area contributed by atoms with E-state index in [1.54, 1.807) is 11.0 Å². The van der Waals surface area contributed by atoms with E-state index in [0.717, 1.165) is 5.39 Å². The SMILES string of the molecule is CC(C)CC1C(=O)NCCN1C(=O)Cc1cc2ccccc2c(=O)[nH]1. The Morgan fingerprint density at radius 2 is 2.04 bits per heavy atom. The zero-order chi connectivity index (χ0) is 18.0. The van der Waals surface area contributed by atoms with Gasteiger partial charge >= 0.3 is 0 Å². The lowest BCUT2D eigenvalue weighted by atomic mass is 9.99. The van der Waals surface area contributed by atoms with Gasteiger partial charge in [-0.2, -0.15) is 0 Å². The number of aromatic nitrogens is 1. The molecule has 0 aliphatic carbocycles. The summed E-state index contributed by atoms with van der Waals surface area (Å²) in [6.45, 7) is 5.03. The van der Waals surface area contributed by atoms with Crippen LogP contribution in [-0.4, -0.2) is 40.8 Å². The molecule has 2 heterocycles. The minimum atomic E-state index is -0.437. The van der Waals surface area contributed by atoms with Crippen molar-refractivity contribution in [3.05, 3.63) is 46.4 Å². The highest BCUT2D eigenvalue weighted by molar-refractivity contribution is 5.90. The zero-order valence-electron chi connectivity index (χ0n) is 14.5. The predicted octanol–water partition coefficient (Wildman–Crippen LogP) is 1.44. The summed E-state index contributed by atoms with van der Waals surface area (Å²) in [4.78, 5) is 41.5. The number of fused-ring (bicyclic) bond motifs is 1. The lowest BCUT2D eigenvalue weighted by Gasteiger charge is -2.36. The van der Waals surface area contributed by atoms with Crippen LogP contribution in [0.15, 0.2) is 35.1 Å². The largest absolute Gasteiger partial charge is 0.353 e. The molecule has 1 fully saturated rings. The fourth-order valence-electron chi connectivity index (χ4n) is 3.32. The maximum Gasteiger partial charge on any atom is 0.256 e. The average molecular weight is 341 g/mol. The van der Waals surface area contributed by atoms with E-state index in [9.17, 15) is 14.4 Å². The third kappa shape index (κ3) is 3.73. The Morgan fingerprint density at radius 1 is 1.28 bits per heavy atom. The summed E-state index contributed by atoms with van der Waals surface area (Å²) in [6, 6.07) is 8.68. The predicted molar refractivity (Wildman–Crippen MR) is 96.2 cm³/mol. The van der Waals surface area contributed by atoms with Gasteiger partial charge in [0, 0.05) is 24.2 Å². The highest BCUT2D eigenvalue weighted by atomic mass is 16.2. The van der Waals surface area contributed by atoms with Crippen molar-refractivity contribution in [2.45, 2.75) is 32.7 Å². The Balaban J connectivity index is 1.83. The molecule has 1 aliphatic rings. The standard InChI is InChI=1S/C19H23N3O3/c1-12(2)9-16-19(25)20-7-8-22(16)17(23)11-14-10-13-5-3-4-6-15(13)18(24)21-14/h3-6,10,12,16H,7-9,11H2,1-2H3,(H,20,25)(H,21,24). The number of nitrogens with one attached hydrogen (secondary N) is 2. The molecule has 1 aromatic carbocycles. The highest BCUT2D eigenvalue weighted by Crippen LogP contribution is 2.17. The summed E-state index contributed by atoms with van der Waals surface area (Å²) < 4.78 is 0. The number of pyridine rings is 1. The van der Waals surface area contributed by atoms with Gasteiger partial charge in [0.15, 0.2) is 0 Å². The minimum absolute atomic E-state index is 0.0853.